The molecule has 0 spiro atoms. The van der Waals surface area contributed by atoms with E-state index in [2.05, 4.69) is 5.32 Å². The van der Waals surface area contributed by atoms with Gasteiger partial charge >= 0.3 is 0 Å². The molecule has 1 atom stereocenters. The lowest BCUT2D eigenvalue weighted by Gasteiger charge is -2.24. The van der Waals surface area contributed by atoms with Crippen LogP contribution in [-0.4, -0.2) is 53.0 Å². The molecule has 3 N–H and O–H groups in total. The van der Waals surface area contributed by atoms with Crippen LogP contribution in [0.4, 0.5) is 0 Å². The Morgan fingerprint density at radius 3 is 2.56 bits per heavy atom. The van der Waals surface area contributed by atoms with Crippen molar-refractivity contribution in [1.29, 1.82) is 0 Å². The first-order valence-electron chi connectivity index (χ1n) is 8.75. The maximum absolute atomic E-state index is 12.7. The molecule has 27 heavy (non-hydrogen) atoms. The molecule has 142 valence electrons. The average molecular weight is 386 g/mol. The quantitative estimate of drug-likeness (QED) is 0.293. The summed E-state index contributed by atoms with van der Waals surface area (Å²) in [6, 6.07) is 10.3. The highest BCUT2D eigenvalue weighted by atomic mass is 32.1. The van der Waals surface area contributed by atoms with Crippen LogP contribution in [0.1, 0.15) is 22.0 Å². The van der Waals surface area contributed by atoms with Gasteiger partial charge in [-0.25, -0.2) is 0 Å². The molecule has 1 aliphatic heterocycles. The summed E-state index contributed by atoms with van der Waals surface area (Å²) in [7, 11) is 0. The van der Waals surface area contributed by atoms with Gasteiger partial charge < -0.3 is 20.4 Å². The highest BCUT2D eigenvalue weighted by Crippen LogP contribution is 2.40. The number of carbonyl (C=O) groups excluding carboxylic acids is 2. The van der Waals surface area contributed by atoms with E-state index < -0.39 is 17.7 Å². The third-order valence-corrected chi connectivity index (χ3v) is 5.42. The Morgan fingerprint density at radius 2 is 1.93 bits per heavy atom. The first-order valence-corrected chi connectivity index (χ1v) is 9.63. The molecule has 1 amide bonds. The zero-order valence-electron chi connectivity index (χ0n) is 15.0. The number of aliphatic hydroxyl groups is 2. The summed E-state index contributed by atoms with van der Waals surface area (Å²) >= 11 is 1.44. The molecule has 1 aromatic carbocycles. The molecule has 1 unspecified atom stereocenters. The number of likely N-dealkylation sites (tertiary alicyclic amines) is 1. The van der Waals surface area contributed by atoms with Crippen molar-refractivity contribution < 1.29 is 19.8 Å². The standard InChI is InChI=1S/C20H22N2O4S/c1-13-4-6-14(7-5-13)18(24)16-17(15-3-2-12-27-15)22(20(26)19(16)25)10-8-21-9-11-23/h2-7,12,17,21,23-24H,8-11H2,1H3. The third kappa shape index (κ3) is 3.95. The molecule has 3 rings (SSSR count). The number of hydrogen-bond acceptors (Lipinski definition) is 6. The molecule has 1 fully saturated rings. The fraction of sp³-hybridized carbons (Fsp3) is 0.300. The summed E-state index contributed by atoms with van der Waals surface area (Å²) < 4.78 is 0. The van der Waals surface area contributed by atoms with Gasteiger partial charge in [0.15, 0.2) is 0 Å². The number of nitrogens with zero attached hydrogens (tertiary/aromatic N) is 1. The number of Topliss-reactive ketones (excluding diaryl/α,β-unsaturated/α-hetero) is 1. The Bertz CT molecular complexity index is 843. The van der Waals surface area contributed by atoms with Crippen LogP contribution in [0.5, 0.6) is 0 Å². The first kappa shape index (κ1) is 19.3. The van der Waals surface area contributed by atoms with E-state index in [1.807, 2.05) is 36.6 Å². The van der Waals surface area contributed by atoms with Crippen molar-refractivity contribution in [2.75, 3.05) is 26.2 Å². The zero-order valence-corrected chi connectivity index (χ0v) is 15.8. The van der Waals surface area contributed by atoms with Crippen molar-refractivity contribution in [2.45, 2.75) is 13.0 Å². The number of aryl methyl sites for hydroxylation is 1. The Balaban J connectivity index is 2.00. The molecule has 2 heterocycles. The average Bonchev–Trinajstić information content (AvgIpc) is 3.27. The van der Waals surface area contributed by atoms with Crippen LogP contribution in [0.3, 0.4) is 0 Å². The normalized spacial score (nSPS) is 19.0. The predicted molar refractivity (Wildman–Crippen MR) is 104 cm³/mol. The molecule has 0 aliphatic carbocycles. The molecule has 0 saturated carbocycles. The zero-order chi connectivity index (χ0) is 19.4. The Hall–Kier alpha value is -2.48. The van der Waals surface area contributed by atoms with E-state index in [1.165, 1.54) is 16.2 Å². The summed E-state index contributed by atoms with van der Waals surface area (Å²) in [4.78, 5) is 27.7. The van der Waals surface area contributed by atoms with Gasteiger partial charge in [-0.15, -0.1) is 11.3 Å². The van der Waals surface area contributed by atoms with E-state index in [9.17, 15) is 14.7 Å². The maximum Gasteiger partial charge on any atom is 0.295 e. The molecule has 7 heteroatoms. The van der Waals surface area contributed by atoms with Gasteiger partial charge in [-0.1, -0.05) is 35.9 Å². The molecule has 0 bridgehead atoms. The van der Waals surface area contributed by atoms with Crippen molar-refractivity contribution in [3.05, 3.63) is 63.4 Å². The second-order valence-corrected chi connectivity index (χ2v) is 7.33. The van der Waals surface area contributed by atoms with Crippen LogP contribution < -0.4 is 5.32 Å². The molecule has 1 aromatic heterocycles. The highest BCUT2D eigenvalue weighted by molar-refractivity contribution is 7.10. The van der Waals surface area contributed by atoms with Crippen molar-refractivity contribution in [1.82, 2.24) is 10.2 Å². The van der Waals surface area contributed by atoms with Crippen LogP contribution in [0.2, 0.25) is 0 Å². The number of carbonyl (C=O) groups is 2. The van der Waals surface area contributed by atoms with Gasteiger partial charge in [0, 0.05) is 30.1 Å². The minimum atomic E-state index is -0.673. The molecular weight excluding hydrogens is 364 g/mol. The number of rotatable bonds is 7. The van der Waals surface area contributed by atoms with E-state index >= 15 is 0 Å². The number of thiophene rings is 1. The van der Waals surface area contributed by atoms with Gasteiger partial charge in [-0.3, -0.25) is 9.59 Å². The van der Waals surface area contributed by atoms with Crippen LogP contribution in [-0.2, 0) is 9.59 Å². The monoisotopic (exact) mass is 386 g/mol. The number of ketones is 1. The van der Waals surface area contributed by atoms with Gasteiger partial charge in [-0.05, 0) is 18.4 Å². The largest absolute Gasteiger partial charge is 0.507 e. The Morgan fingerprint density at radius 1 is 1.19 bits per heavy atom. The van der Waals surface area contributed by atoms with Crippen molar-refractivity contribution in [3.63, 3.8) is 0 Å². The summed E-state index contributed by atoms with van der Waals surface area (Å²) in [5.41, 5.74) is 1.67. The second kappa shape index (κ2) is 8.47. The van der Waals surface area contributed by atoms with Gasteiger partial charge in [0.25, 0.3) is 11.7 Å². The fourth-order valence-corrected chi connectivity index (χ4v) is 3.97. The summed E-state index contributed by atoms with van der Waals surface area (Å²) in [5, 5.41) is 24.6. The van der Waals surface area contributed by atoms with Crippen molar-refractivity contribution in [2.24, 2.45) is 0 Å². The van der Waals surface area contributed by atoms with Crippen molar-refractivity contribution >= 4 is 28.8 Å². The fourth-order valence-electron chi connectivity index (χ4n) is 3.12. The van der Waals surface area contributed by atoms with Crippen LogP contribution in [0.15, 0.2) is 47.4 Å². The lowest BCUT2D eigenvalue weighted by Crippen LogP contribution is -2.36. The van der Waals surface area contributed by atoms with Gasteiger partial charge in [0.2, 0.25) is 0 Å². The summed E-state index contributed by atoms with van der Waals surface area (Å²) in [5.74, 6) is -1.45. The summed E-state index contributed by atoms with van der Waals surface area (Å²) in [6.45, 7) is 3.10. The van der Waals surface area contributed by atoms with E-state index in [0.717, 1.165) is 10.4 Å². The number of aliphatic hydroxyl groups excluding tert-OH is 2. The minimum absolute atomic E-state index is 0.000590. The highest BCUT2D eigenvalue weighted by Gasteiger charge is 2.46. The number of nitrogens with one attached hydrogen (secondary N) is 1. The summed E-state index contributed by atoms with van der Waals surface area (Å²) in [6.07, 6.45) is 0. The van der Waals surface area contributed by atoms with Gasteiger partial charge in [0.1, 0.15) is 5.76 Å². The van der Waals surface area contributed by atoms with Crippen LogP contribution >= 0.6 is 11.3 Å². The first-order chi connectivity index (χ1) is 13.0. The van der Waals surface area contributed by atoms with E-state index in [0.29, 0.717) is 25.2 Å². The lowest BCUT2D eigenvalue weighted by atomic mass is 9.99. The molecular formula is C20H22N2O4S. The molecule has 6 nitrogen and oxygen atoms in total. The smallest absolute Gasteiger partial charge is 0.295 e. The van der Waals surface area contributed by atoms with E-state index in [-0.39, 0.29) is 17.9 Å². The van der Waals surface area contributed by atoms with Crippen LogP contribution in [0, 0.1) is 6.92 Å². The number of amides is 1. The van der Waals surface area contributed by atoms with E-state index in [4.69, 9.17) is 5.11 Å². The molecule has 2 aromatic rings. The molecule has 1 aliphatic rings. The number of hydrogen-bond donors (Lipinski definition) is 3. The van der Waals surface area contributed by atoms with Crippen LogP contribution in [0.25, 0.3) is 5.76 Å². The van der Waals surface area contributed by atoms with Gasteiger partial charge in [-0.2, -0.15) is 0 Å². The second-order valence-electron chi connectivity index (χ2n) is 6.35. The molecule has 0 radical (unpaired) electrons. The Kier molecular flexibility index (Phi) is 6.05. The third-order valence-electron chi connectivity index (χ3n) is 4.50. The minimum Gasteiger partial charge on any atom is -0.507 e. The maximum atomic E-state index is 12.7. The number of benzene rings is 1. The lowest BCUT2D eigenvalue weighted by molar-refractivity contribution is -0.139. The van der Waals surface area contributed by atoms with Crippen molar-refractivity contribution in [3.8, 4) is 0 Å². The topological polar surface area (TPSA) is 89.9 Å². The SMILES string of the molecule is Cc1ccc(C(O)=C2C(=O)C(=O)N(CCNCCO)C2c2cccs2)cc1. The van der Waals surface area contributed by atoms with E-state index in [1.54, 1.807) is 12.1 Å². The van der Waals surface area contributed by atoms with Gasteiger partial charge in [0.05, 0.1) is 18.2 Å². The predicted octanol–water partition coefficient (Wildman–Crippen LogP) is 2.06. The molecule has 1 saturated heterocycles. The Labute approximate surface area is 161 Å².